The second-order valence-corrected chi connectivity index (χ2v) is 5.35. The van der Waals surface area contributed by atoms with E-state index in [9.17, 15) is 4.79 Å². The first-order valence-corrected chi connectivity index (χ1v) is 6.93. The molecule has 0 aliphatic carbocycles. The zero-order chi connectivity index (χ0) is 13.7. The van der Waals surface area contributed by atoms with Crippen molar-refractivity contribution in [3.05, 3.63) is 52.0 Å². The van der Waals surface area contributed by atoms with Gasteiger partial charge in [0.15, 0.2) is 0 Å². The van der Waals surface area contributed by atoms with E-state index in [2.05, 4.69) is 10.3 Å². The topological polar surface area (TPSA) is 62.2 Å². The zero-order valence-corrected chi connectivity index (χ0v) is 11.5. The van der Waals surface area contributed by atoms with E-state index in [1.807, 2.05) is 42.8 Å². The highest BCUT2D eigenvalue weighted by atomic mass is 32.1. The van der Waals surface area contributed by atoms with Gasteiger partial charge in [-0.3, -0.25) is 9.78 Å². The van der Waals surface area contributed by atoms with Crippen molar-refractivity contribution in [1.82, 2.24) is 10.3 Å². The summed E-state index contributed by atoms with van der Waals surface area (Å²) in [5.74, 6) is -0.803. The summed E-state index contributed by atoms with van der Waals surface area (Å²) in [6.45, 7) is 2.55. The predicted octanol–water partition coefficient (Wildman–Crippen LogP) is 2.76. The molecule has 100 valence electrons. The first-order chi connectivity index (χ1) is 9.15. The SMILES string of the molecule is Cc1ccc(CNC(CC(=O)O)c2cccs2)nc1. The van der Waals surface area contributed by atoms with Crippen LogP contribution >= 0.6 is 11.3 Å². The Balaban J connectivity index is 2.00. The molecule has 1 atom stereocenters. The van der Waals surface area contributed by atoms with E-state index in [1.165, 1.54) is 0 Å². The fraction of sp³-hybridized carbons (Fsp3) is 0.286. The standard InChI is InChI=1S/C14H16N2O2S/c1-10-4-5-11(15-8-10)9-16-12(7-14(17)18)13-3-2-6-19-13/h2-6,8,12,16H,7,9H2,1H3,(H,17,18). The van der Waals surface area contributed by atoms with Crippen LogP contribution in [0.3, 0.4) is 0 Å². The first kappa shape index (κ1) is 13.7. The van der Waals surface area contributed by atoms with E-state index >= 15 is 0 Å². The molecule has 2 heterocycles. The third kappa shape index (κ3) is 4.15. The van der Waals surface area contributed by atoms with Crippen molar-refractivity contribution in [2.45, 2.75) is 25.9 Å². The fourth-order valence-corrected chi connectivity index (χ4v) is 2.57. The highest BCUT2D eigenvalue weighted by Gasteiger charge is 2.16. The van der Waals surface area contributed by atoms with E-state index in [-0.39, 0.29) is 12.5 Å². The minimum absolute atomic E-state index is 0.0758. The molecule has 0 saturated heterocycles. The number of rotatable bonds is 6. The van der Waals surface area contributed by atoms with Crippen LogP contribution in [0.5, 0.6) is 0 Å². The average Bonchev–Trinajstić information content (AvgIpc) is 2.90. The number of aryl methyl sites for hydroxylation is 1. The minimum atomic E-state index is -0.803. The maximum atomic E-state index is 10.9. The summed E-state index contributed by atoms with van der Waals surface area (Å²) in [4.78, 5) is 16.3. The largest absolute Gasteiger partial charge is 0.481 e. The van der Waals surface area contributed by atoms with Gasteiger partial charge in [-0.25, -0.2) is 0 Å². The lowest BCUT2D eigenvalue weighted by Gasteiger charge is -2.15. The molecular weight excluding hydrogens is 260 g/mol. The van der Waals surface area contributed by atoms with Crippen molar-refractivity contribution in [2.24, 2.45) is 0 Å². The number of nitrogens with zero attached hydrogens (tertiary/aromatic N) is 1. The molecule has 2 aromatic heterocycles. The van der Waals surface area contributed by atoms with Gasteiger partial charge in [-0.1, -0.05) is 12.1 Å². The summed E-state index contributed by atoms with van der Waals surface area (Å²) in [7, 11) is 0. The highest BCUT2D eigenvalue weighted by Crippen LogP contribution is 2.22. The molecule has 0 bridgehead atoms. The van der Waals surface area contributed by atoms with Crippen LogP contribution in [-0.2, 0) is 11.3 Å². The lowest BCUT2D eigenvalue weighted by molar-refractivity contribution is -0.137. The second-order valence-electron chi connectivity index (χ2n) is 4.37. The Bertz CT molecular complexity index is 523. The normalized spacial score (nSPS) is 12.3. The number of thiophene rings is 1. The molecule has 5 heteroatoms. The molecule has 19 heavy (non-hydrogen) atoms. The van der Waals surface area contributed by atoms with Crippen LogP contribution in [0.4, 0.5) is 0 Å². The lowest BCUT2D eigenvalue weighted by atomic mass is 10.1. The molecule has 0 saturated carbocycles. The van der Waals surface area contributed by atoms with Gasteiger partial charge >= 0.3 is 5.97 Å². The number of hydrogen-bond donors (Lipinski definition) is 2. The Morgan fingerprint density at radius 2 is 2.32 bits per heavy atom. The van der Waals surface area contributed by atoms with Gasteiger partial charge in [-0.15, -0.1) is 11.3 Å². The summed E-state index contributed by atoms with van der Waals surface area (Å²) >= 11 is 1.56. The quantitative estimate of drug-likeness (QED) is 0.851. The monoisotopic (exact) mass is 276 g/mol. The van der Waals surface area contributed by atoms with Gasteiger partial charge in [0.2, 0.25) is 0 Å². The summed E-state index contributed by atoms with van der Waals surface area (Å²) in [5, 5.41) is 14.2. The number of aliphatic carboxylic acids is 1. The average molecular weight is 276 g/mol. The van der Waals surface area contributed by atoms with Gasteiger partial charge < -0.3 is 10.4 Å². The van der Waals surface area contributed by atoms with Crippen molar-refractivity contribution < 1.29 is 9.90 Å². The van der Waals surface area contributed by atoms with Gasteiger partial charge in [-0.2, -0.15) is 0 Å². The predicted molar refractivity (Wildman–Crippen MR) is 75.1 cm³/mol. The van der Waals surface area contributed by atoms with Crippen molar-refractivity contribution in [1.29, 1.82) is 0 Å². The summed E-state index contributed by atoms with van der Waals surface area (Å²) in [5.41, 5.74) is 2.03. The number of nitrogens with one attached hydrogen (secondary N) is 1. The molecule has 0 aliphatic rings. The van der Waals surface area contributed by atoms with Crippen LogP contribution in [-0.4, -0.2) is 16.1 Å². The first-order valence-electron chi connectivity index (χ1n) is 6.05. The van der Waals surface area contributed by atoms with Crippen LogP contribution in [0.1, 0.15) is 28.6 Å². The van der Waals surface area contributed by atoms with Gasteiger partial charge in [0.05, 0.1) is 18.2 Å². The second kappa shape index (κ2) is 6.45. The third-order valence-corrected chi connectivity index (χ3v) is 3.75. The van der Waals surface area contributed by atoms with Crippen molar-refractivity contribution in [3.63, 3.8) is 0 Å². The van der Waals surface area contributed by atoms with Gasteiger partial charge in [0.1, 0.15) is 0 Å². The van der Waals surface area contributed by atoms with Gasteiger partial charge in [0, 0.05) is 17.6 Å². The Morgan fingerprint density at radius 1 is 1.47 bits per heavy atom. The Hall–Kier alpha value is -1.72. The molecule has 0 radical (unpaired) electrons. The molecule has 0 aliphatic heterocycles. The Labute approximate surface area is 116 Å². The zero-order valence-electron chi connectivity index (χ0n) is 10.7. The van der Waals surface area contributed by atoms with E-state index in [0.717, 1.165) is 16.1 Å². The van der Waals surface area contributed by atoms with Crippen LogP contribution in [0.25, 0.3) is 0 Å². The summed E-state index contributed by atoms with van der Waals surface area (Å²) in [6, 6.07) is 7.67. The molecule has 0 fully saturated rings. The van der Waals surface area contributed by atoms with Gasteiger partial charge in [-0.05, 0) is 30.0 Å². The number of pyridine rings is 1. The number of carboxylic acid groups (broad SMARTS) is 1. The number of aromatic nitrogens is 1. The lowest BCUT2D eigenvalue weighted by Crippen LogP contribution is -2.23. The molecule has 1 unspecified atom stereocenters. The van der Waals surface area contributed by atoms with E-state index < -0.39 is 5.97 Å². The maximum absolute atomic E-state index is 10.9. The molecule has 2 rings (SSSR count). The highest BCUT2D eigenvalue weighted by molar-refractivity contribution is 7.10. The van der Waals surface area contributed by atoms with E-state index in [1.54, 1.807) is 11.3 Å². The van der Waals surface area contributed by atoms with E-state index in [0.29, 0.717) is 6.54 Å². The van der Waals surface area contributed by atoms with Crippen molar-refractivity contribution in [3.8, 4) is 0 Å². The summed E-state index contributed by atoms with van der Waals surface area (Å²) in [6.07, 6.45) is 1.89. The van der Waals surface area contributed by atoms with Gasteiger partial charge in [0.25, 0.3) is 0 Å². The smallest absolute Gasteiger partial charge is 0.305 e. The minimum Gasteiger partial charge on any atom is -0.481 e. The maximum Gasteiger partial charge on any atom is 0.305 e. The number of carbonyl (C=O) groups is 1. The Morgan fingerprint density at radius 3 is 2.89 bits per heavy atom. The molecule has 0 amide bonds. The van der Waals surface area contributed by atoms with Crippen molar-refractivity contribution >= 4 is 17.3 Å². The van der Waals surface area contributed by atoms with Crippen LogP contribution in [0.15, 0.2) is 35.8 Å². The van der Waals surface area contributed by atoms with Crippen LogP contribution in [0.2, 0.25) is 0 Å². The molecule has 2 aromatic rings. The third-order valence-electron chi connectivity index (χ3n) is 2.77. The number of carboxylic acids is 1. The Kier molecular flexibility index (Phi) is 4.65. The molecule has 2 N–H and O–H groups in total. The summed E-state index contributed by atoms with van der Waals surface area (Å²) < 4.78 is 0. The molecule has 0 aromatic carbocycles. The fourth-order valence-electron chi connectivity index (χ4n) is 1.77. The van der Waals surface area contributed by atoms with E-state index in [4.69, 9.17) is 5.11 Å². The molecule has 0 spiro atoms. The number of hydrogen-bond acceptors (Lipinski definition) is 4. The molecular formula is C14H16N2O2S. The van der Waals surface area contributed by atoms with Crippen molar-refractivity contribution in [2.75, 3.05) is 0 Å². The van der Waals surface area contributed by atoms with Crippen LogP contribution < -0.4 is 5.32 Å². The van der Waals surface area contributed by atoms with Crippen LogP contribution in [0, 0.1) is 6.92 Å². The molecule has 4 nitrogen and oxygen atoms in total.